The predicted octanol–water partition coefficient (Wildman–Crippen LogP) is 2.61. The van der Waals surface area contributed by atoms with Crippen molar-refractivity contribution in [3.05, 3.63) is 22.7 Å². The van der Waals surface area contributed by atoms with E-state index in [2.05, 4.69) is 26.6 Å². The SMILES string of the molecule is O=C1Nc2cc(Br)ccc2NCC12CCOCC2. The molecule has 1 aromatic rings. The van der Waals surface area contributed by atoms with Gasteiger partial charge in [0.2, 0.25) is 5.91 Å². The monoisotopic (exact) mass is 310 g/mol. The quantitative estimate of drug-likeness (QED) is 0.774. The van der Waals surface area contributed by atoms with E-state index < -0.39 is 0 Å². The molecule has 0 aliphatic carbocycles. The van der Waals surface area contributed by atoms with Crippen molar-refractivity contribution in [2.24, 2.45) is 5.41 Å². The molecule has 0 atom stereocenters. The summed E-state index contributed by atoms with van der Waals surface area (Å²) in [4.78, 5) is 12.4. The maximum Gasteiger partial charge on any atom is 0.232 e. The maximum atomic E-state index is 12.4. The molecule has 1 aromatic carbocycles. The molecule has 1 spiro atoms. The van der Waals surface area contributed by atoms with E-state index in [0.717, 1.165) is 28.7 Å². The molecule has 18 heavy (non-hydrogen) atoms. The molecule has 1 saturated heterocycles. The van der Waals surface area contributed by atoms with Crippen LogP contribution in [0, 0.1) is 5.41 Å². The second kappa shape index (κ2) is 4.55. The number of fused-ring (bicyclic) bond motifs is 1. The highest BCUT2D eigenvalue weighted by Gasteiger charge is 2.41. The Kier molecular flexibility index (Phi) is 3.03. The molecular weight excluding hydrogens is 296 g/mol. The van der Waals surface area contributed by atoms with E-state index in [1.54, 1.807) is 0 Å². The molecule has 0 radical (unpaired) electrons. The Bertz CT molecular complexity index is 484. The number of carbonyl (C=O) groups is 1. The summed E-state index contributed by atoms with van der Waals surface area (Å²) < 4.78 is 6.33. The van der Waals surface area contributed by atoms with Crippen molar-refractivity contribution in [3.63, 3.8) is 0 Å². The van der Waals surface area contributed by atoms with Crippen LogP contribution >= 0.6 is 15.9 Å². The second-order valence-corrected chi connectivity index (χ2v) is 5.81. The molecule has 2 aliphatic rings. The summed E-state index contributed by atoms with van der Waals surface area (Å²) in [5, 5.41) is 6.42. The van der Waals surface area contributed by atoms with E-state index in [1.165, 1.54) is 0 Å². The molecule has 1 amide bonds. The minimum absolute atomic E-state index is 0.107. The predicted molar refractivity (Wildman–Crippen MR) is 73.7 cm³/mol. The molecule has 96 valence electrons. The van der Waals surface area contributed by atoms with Crippen LogP contribution in [0.25, 0.3) is 0 Å². The number of anilines is 2. The van der Waals surface area contributed by atoms with Gasteiger partial charge >= 0.3 is 0 Å². The van der Waals surface area contributed by atoms with Crippen molar-refractivity contribution in [1.82, 2.24) is 0 Å². The Labute approximate surface area is 114 Å². The number of nitrogens with one attached hydrogen (secondary N) is 2. The van der Waals surface area contributed by atoms with Crippen LogP contribution in [0.3, 0.4) is 0 Å². The zero-order valence-electron chi connectivity index (χ0n) is 9.96. The highest BCUT2D eigenvalue weighted by atomic mass is 79.9. The molecule has 0 aromatic heterocycles. The number of hydrogen-bond donors (Lipinski definition) is 2. The lowest BCUT2D eigenvalue weighted by atomic mass is 9.79. The summed E-state index contributed by atoms with van der Waals surface area (Å²) in [6.45, 7) is 2.00. The van der Waals surface area contributed by atoms with Gasteiger partial charge in [-0.1, -0.05) is 15.9 Å². The number of halogens is 1. The molecule has 0 bridgehead atoms. The van der Waals surface area contributed by atoms with Gasteiger partial charge in [0.25, 0.3) is 0 Å². The number of benzene rings is 1. The fourth-order valence-corrected chi connectivity index (χ4v) is 2.90. The highest BCUT2D eigenvalue weighted by Crippen LogP contribution is 2.37. The van der Waals surface area contributed by atoms with Crippen LogP contribution in [-0.2, 0) is 9.53 Å². The van der Waals surface area contributed by atoms with Crippen LogP contribution in [0.15, 0.2) is 22.7 Å². The highest BCUT2D eigenvalue weighted by molar-refractivity contribution is 9.10. The number of carbonyl (C=O) groups excluding carboxylic acids is 1. The molecule has 2 heterocycles. The van der Waals surface area contributed by atoms with Crippen LogP contribution in [0.2, 0.25) is 0 Å². The number of ether oxygens (including phenoxy) is 1. The lowest BCUT2D eigenvalue weighted by molar-refractivity contribution is -0.129. The fraction of sp³-hybridized carbons (Fsp3) is 0.462. The van der Waals surface area contributed by atoms with Gasteiger partial charge in [-0.15, -0.1) is 0 Å². The minimum atomic E-state index is -0.330. The van der Waals surface area contributed by atoms with Gasteiger partial charge in [-0.3, -0.25) is 4.79 Å². The van der Waals surface area contributed by atoms with Crippen molar-refractivity contribution in [1.29, 1.82) is 0 Å². The number of rotatable bonds is 0. The minimum Gasteiger partial charge on any atom is -0.382 e. The summed E-state index contributed by atoms with van der Waals surface area (Å²) in [7, 11) is 0. The summed E-state index contributed by atoms with van der Waals surface area (Å²) in [6.07, 6.45) is 1.56. The first-order valence-corrected chi connectivity index (χ1v) is 6.92. The smallest absolute Gasteiger partial charge is 0.232 e. The zero-order valence-corrected chi connectivity index (χ0v) is 11.5. The molecule has 5 heteroatoms. The summed E-state index contributed by atoms with van der Waals surface area (Å²) in [6, 6.07) is 5.89. The van der Waals surface area contributed by atoms with Gasteiger partial charge in [0.15, 0.2) is 0 Å². The van der Waals surface area contributed by atoms with Crippen molar-refractivity contribution in [2.75, 3.05) is 30.4 Å². The third-order valence-corrected chi connectivity index (χ3v) is 4.27. The van der Waals surface area contributed by atoms with E-state index in [0.29, 0.717) is 19.8 Å². The summed E-state index contributed by atoms with van der Waals surface area (Å²) >= 11 is 3.42. The molecule has 2 N–H and O–H groups in total. The third-order valence-electron chi connectivity index (χ3n) is 3.78. The third kappa shape index (κ3) is 2.01. The topological polar surface area (TPSA) is 50.4 Å². The molecule has 3 rings (SSSR count). The van der Waals surface area contributed by atoms with Gasteiger partial charge in [0.05, 0.1) is 16.8 Å². The fourth-order valence-electron chi connectivity index (χ4n) is 2.54. The van der Waals surface area contributed by atoms with Crippen LogP contribution in [0.5, 0.6) is 0 Å². The molecule has 2 aliphatic heterocycles. The van der Waals surface area contributed by atoms with E-state index in [9.17, 15) is 4.79 Å². The summed E-state index contributed by atoms with van der Waals surface area (Å²) in [5.41, 5.74) is 1.50. The standard InChI is InChI=1S/C13H15BrN2O2/c14-9-1-2-10-11(7-9)16-12(17)13(8-15-10)3-5-18-6-4-13/h1-2,7,15H,3-6,8H2,(H,16,17). The van der Waals surface area contributed by atoms with Crippen LogP contribution in [0.4, 0.5) is 11.4 Å². The summed E-state index contributed by atoms with van der Waals surface area (Å²) in [5.74, 6) is 0.107. The average Bonchev–Trinajstić information content (AvgIpc) is 2.50. The molecule has 0 saturated carbocycles. The Morgan fingerprint density at radius 1 is 1.22 bits per heavy atom. The van der Waals surface area contributed by atoms with Gasteiger partial charge in [-0.05, 0) is 31.0 Å². The van der Waals surface area contributed by atoms with Gasteiger partial charge in [-0.2, -0.15) is 0 Å². The number of amides is 1. The Balaban J connectivity index is 1.92. The van der Waals surface area contributed by atoms with Gasteiger partial charge in [0.1, 0.15) is 0 Å². The first kappa shape index (κ1) is 12.0. The first-order valence-electron chi connectivity index (χ1n) is 6.12. The van der Waals surface area contributed by atoms with Crippen LogP contribution < -0.4 is 10.6 Å². The van der Waals surface area contributed by atoms with Crippen molar-refractivity contribution < 1.29 is 9.53 Å². The molecule has 0 unspecified atom stereocenters. The Morgan fingerprint density at radius 3 is 2.78 bits per heavy atom. The van der Waals surface area contributed by atoms with Crippen LogP contribution in [0.1, 0.15) is 12.8 Å². The van der Waals surface area contributed by atoms with E-state index in [4.69, 9.17) is 4.74 Å². The molecular formula is C13H15BrN2O2. The van der Waals surface area contributed by atoms with Crippen LogP contribution in [-0.4, -0.2) is 25.7 Å². The number of hydrogen-bond acceptors (Lipinski definition) is 3. The van der Waals surface area contributed by atoms with E-state index in [1.807, 2.05) is 18.2 Å². The van der Waals surface area contributed by atoms with Gasteiger partial charge in [-0.25, -0.2) is 0 Å². The molecule has 4 nitrogen and oxygen atoms in total. The maximum absolute atomic E-state index is 12.4. The van der Waals surface area contributed by atoms with Gasteiger partial charge < -0.3 is 15.4 Å². The zero-order chi connectivity index (χ0) is 12.6. The normalized spacial score (nSPS) is 21.7. The van der Waals surface area contributed by atoms with E-state index >= 15 is 0 Å². The lowest BCUT2D eigenvalue weighted by Gasteiger charge is -2.34. The average molecular weight is 311 g/mol. The van der Waals surface area contributed by atoms with Gasteiger partial charge in [0, 0.05) is 24.2 Å². The largest absolute Gasteiger partial charge is 0.382 e. The van der Waals surface area contributed by atoms with Crippen molar-refractivity contribution in [3.8, 4) is 0 Å². The van der Waals surface area contributed by atoms with Crippen molar-refractivity contribution in [2.45, 2.75) is 12.8 Å². The van der Waals surface area contributed by atoms with Crippen molar-refractivity contribution >= 4 is 33.2 Å². The lowest BCUT2D eigenvalue weighted by Crippen LogP contribution is -2.44. The molecule has 1 fully saturated rings. The van der Waals surface area contributed by atoms with E-state index in [-0.39, 0.29) is 11.3 Å². The Hall–Kier alpha value is -1.07. The first-order chi connectivity index (χ1) is 8.70. The Morgan fingerprint density at radius 2 is 2.00 bits per heavy atom. The second-order valence-electron chi connectivity index (χ2n) is 4.89.